The molecule has 1 aliphatic heterocycles. The Bertz CT molecular complexity index is 1080. The Balaban J connectivity index is 1.47. The number of imidazole rings is 1. The van der Waals surface area contributed by atoms with Crippen LogP contribution in [0.2, 0.25) is 0 Å². The molecule has 8 nitrogen and oxygen atoms in total. The second kappa shape index (κ2) is 7.96. The van der Waals surface area contributed by atoms with E-state index in [2.05, 4.69) is 4.98 Å². The Morgan fingerprint density at radius 2 is 2.17 bits per heavy atom. The highest BCUT2D eigenvalue weighted by molar-refractivity contribution is 7.99. The maximum atomic E-state index is 12.8. The van der Waals surface area contributed by atoms with Crippen LogP contribution in [0.25, 0.3) is 5.69 Å². The minimum absolute atomic E-state index is 0.0488. The Labute approximate surface area is 171 Å². The number of ether oxygens (including phenoxy) is 1. The van der Waals surface area contributed by atoms with Gasteiger partial charge in [0.05, 0.1) is 23.5 Å². The van der Waals surface area contributed by atoms with Gasteiger partial charge in [-0.05, 0) is 30.2 Å². The molecule has 1 amide bonds. The van der Waals surface area contributed by atoms with E-state index in [0.29, 0.717) is 18.1 Å². The van der Waals surface area contributed by atoms with Crippen LogP contribution in [0.15, 0.2) is 60.0 Å². The first-order valence-electron chi connectivity index (χ1n) is 8.95. The van der Waals surface area contributed by atoms with Crippen molar-refractivity contribution in [1.29, 1.82) is 0 Å². The molecule has 0 N–H and O–H groups in total. The highest BCUT2D eigenvalue weighted by atomic mass is 32.2. The molecule has 1 aromatic heterocycles. The van der Waals surface area contributed by atoms with Gasteiger partial charge in [0, 0.05) is 42.8 Å². The molecule has 29 heavy (non-hydrogen) atoms. The van der Waals surface area contributed by atoms with Gasteiger partial charge in [0.1, 0.15) is 5.75 Å². The minimum atomic E-state index is -0.418. The Kier molecular flexibility index (Phi) is 5.22. The standard InChI is InChI=1S/C20H18N4O4S/c1-28-17-4-2-3-15(12-17)22-10-8-21-20(22)29-13-19(25)23-9-7-14-11-16(24(26)27)5-6-18(14)23/h2-6,8,10-12H,7,9,13H2,1H3. The molecule has 0 unspecified atom stereocenters. The third-order valence-corrected chi connectivity index (χ3v) is 5.69. The number of fused-ring (bicyclic) bond motifs is 1. The number of nitro groups is 1. The number of hydrogen-bond acceptors (Lipinski definition) is 6. The van der Waals surface area contributed by atoms with E-state index in [1.807, 2.05) is 35.0 Å². The van der Waals surface area contributed by atoms with Gasteiger partial charge in [0.2, 0.25) is 5.91 Å². The van der Waals surface area contributed by atoms with E-state index >= 15 is 0 Å². The fourth-order valence-corrected chi connectivity index (χ4v) is 4.17. The molecule has 0 saturated heterocycles. The Morgan fingerprint density at radius 1 is 1.31 bits per heavy atom. The van der Waals surface area contributed by atoms with Crippen LogP contribution < -0.4 is 9.64 Å². The Morgan fingerprint density at radius 3 is 2.97 bits per heavy atom. The highest BCUT2D eigenvalue weighted by Gasteiger charge is 2.26. The molecule has 0 atom stereocenters. The SMILES string of the molecule is COc1cccc(-n2ccnc2SCC(=O)N2CCc3cc([N+](=O)[O-])ccc32)c1. The van der Waals surface area contributed by atoms with Crippen LogP contribution in [-0.4, -0.2) is 39.8 Å². The summed E-state index contributed by atoms with van der Waals surface area (Å²) in [5.41, 5.74) is 2.52. The van der Waals surface area contributed by atoms with Crippen LogP contribution in [0, 0.1) is 10.1 Å². The predicted octanol–water partition coefficient (Wildman–Crippen LogP) is 3.47. The zero-order valence-electron chi connectivity index (χ0n) is 15.6. The van der Waals surface area contributed by atoms with Crippen molar-refractivity contribution in [1.82, 2.24) is 9.55 Å². The monoisotopic (exact) mass is 410 g/mol. The van der Waals surface area contributed by atoms with Gasteiger partial charge in [-0.25, -0.2) is 4.98 Å². The van der Waals surface area contributed by atoms with Crippen LogP contribution in [0.5, 0.6) is 5.75 Å². The van der Waals surface area contributed by atoms with Crippen molar-refractivity contribution in [2.45, 2.75) is 11.6 Å². The van der Waals surface area contributed by atoms with Crippen LogP contribution in [0.3, 0.4) is 0 Å². The van der Waals surface area contributed by atoms with Crippen LogP contribution >= 0.6 is 11.8 Å². The summed E-state index contributed by atoms with van der Waals surface area (Å²) in [5, 5.41) is 11.6. The van der Waals surface area contributed by atoms with Crippen LogP contribution in [-0.2, 0) is 11.2 Å². The molecular weight excluding hydrogens is 392 g/mol. The topological polar surface area (TPSA) is 90.5 Å². The lowest BCUT2D eigenvalue weighted by molar-refractivity contribution is -0.384. The average Bonchev–Trinajstić information content (AvgIpc) is 3.38. The third-order valence-electron chi connectivity index (χ3n) is 4.73. The molecule has 2 heterocycles. The number of methoxy groups -OCH3 is 1. The number of nitro benzene ring substituents is 1. The number of rotatable bonds is 6. The van der Waals surface area contributed by atoms with Crippen molar-refractivity contribution in [2.24, 2.45) is 0 Å². The highest BCUT2D eigenvalue weighted by Crippen LogP contribution is 2.32. The second-order valence-electron chi connectivity index (χ2n) is 6.44. The number of carbonyl (C=O) groups is 1. The van der Waals surface area contributed by atoms with Gasteiger partial charge in [-0.1, -0.05) is 17.8 Å². The van der Waals surface area contributed by atoms with Crippen LogP contribution in [0.1, 0.15) is 5.56 Å². The van der Waals surface area contributed by atoms with Gasteiger partial charge >= 0.3 is 0 Å². The quantitative estimate of drug-likeness (QED) is 0.351. The number of nitrogens with zero attached hydrogens (tertiary/aromatic N) is 4. The molecule has 0 bridgehead atoms. The van der Waals surface area contributed by atoms with Gasteiger partial charge in [0.15, 0.2) is 5.16 Å². The van der Waals surface area contributed by atoms with E-state index in [0.717, 1.165) is 22.7 Å². The number of amides is 1. The maximum absolute atomic E-state index is 12.8. The molecule has 1 aliphatic rings. The minimum Gasteiger partial charge on any atom is -0.497 e. The smallest absolute Gasteiger partial charge is 0.269 e. The van der Waals surface area contributed by atoms with Gasteiger partial charge in [-0.3, -0.25) is 19.5 Å². The van der Waals surface area contributed by atoms with E-state index in [1.165, 1.54) is 17.8 Å². The molecule has 2 aromatic carbocycles. The summed E-state index contributed by atoms with van der Waals surface area (Å²) in [6, 6.07) is 12.2. The summed E-state index contributed by atoms with van der Waals surface area (Å²) in [6.07, 6.45) is 4.15. The average molecular weight is 410 g/mol. The first-order chi connectivity index (χ1) is 14.1. The molecule has 4 rings (SSSR count). The lowest BCUT2D eigenvalue weighted by Gasteiger charge is -2.17. The first kappa shape index (κ1) is 19.0. The molecule has 0 radical (unpaired) electrons. The number of thioether (sulfide) groups is 1. The molecule has 3 aromatic rings. The number of hydrogen-bond donors (Lipinski definition) is 0. The largest absolute Gasteiger partial charge is 0.497 e. The summed E-state index contributed by atoms with van der Waals surface area (Å²) in [7, 11) is 1.61. The maximum Gasteiger partial charge on any atom is 0.269 e. The molecular formula is C20H18N4O4S. The first-order valence-corrected chi connectivity index (χ1v) is 9.93. The van der Waals surface area contributed by atoms with Gasteiger partial charge in [0.25, 0.3) is 5.69 Å². The van der Waals surface area contributed by atoms with E-state index in [4.69, 9.17) is 4.74 Å². The predicted molar refractivity (Wildman–Crippen MR) is 110 cm³/mol. The van der Waals surface area contributed by atoms with Crippen molar-refractivity contribution in [3.05, 3.63) is 70.5 Å². The van der Waals surface area contributed by atoms with Crippen molar-refractivity contribution >= 4 is 29.0 Å². The van der Waals surface area contributed by atoms with E-state index in [-0.39, 0.29) is 17.3 Å². The molecule has 0 fully saturated rings. The van der Waals surface area contributed by atoms with Gasteiger partial charge in [-0.15, -0.1) is 0 Å². The number of aromatic nitrogens is 2. The summed E-state index contributed by atoms with van der Waals surface area (Å²) >= 11 is 1.35. The Hall–Kier alpha value is -3.33. The molecule has 0 saturated carbocycles. The summed E-state index contributed by atoms with van der Waals surface area (Å²) in [4.78, 5) is 29.4. The van der Waals surface area contributed by atoms with Crippen molar-refractivity contribution in [3.63, 3.8) is 0 Å². The summed E-state index contributed by atoms with van der Waals surface area (Å²) < 4.78 is 7.18. The third kappa shape index (κ3) is 3.81. The van der Waals surface area contributed by atoms with Crippen molar-refractivity contribution in [3.8, 4) is 11.4 Å². The molecule has 0 spiro atoms. The molecule has 148 valence electrons. The van der Waals surface area contributed by atoms with Gasteiger partial charge < -0.3 is 9.64 Å². The lowest BCUT2D eigenvalue weighted by Crippen LogP contribution is -2.30. The number of benzene rings is 2. The van der Waals surface area contributed by atoms with Crippen LogP contribution in [0.4, 0.5) is 11.4 Å². The second-order valence-corrected chi connectivity index (χ2v) is 7.38. The molecule has 9 heteroatoms. The van der Waals surface area contributed by atoms with Crippen molar-refractivity contribution in [2.75, 3.05) is 24.3 Å². The molecule has 0 aliphatic carbocycles. The van der Waals surface area contributed by atoms with E-state index in [9.17, 15) is 14.9 Å². The van der Waals surface area contributed by atoms with Crippen molar-refractivity contribution < 1.29 is 14.5 Å². The number of carbonyl (C=O) groups excluding carboxylic acids is 1. The fourth-order valence-electron chi connectivity index (χ4n) is 3.32. The van der Waals surface area contributed by atoms with E-state index < -0.39 is 4.92 Å². The summed E-state index contributed by atoms with van der Waals surface area (Å²) in [6.45, 7) is 0.528. The summed E-state index contributed by atoms with van der Waals surface area (Å²) in [5.74, 6) is 0.908. The van der Waals surface area contributed by atoms with Gasteiger partial charge in [-0.2, -0.15) is 0 Å². The zero-order chi connectivity index (χ0) is 20.4. The normalized spacial score (nSPS) is 12.7. The van der Waals surface area contributed by atoms with E-state index in [1.54, 1.807) is 30.3 Å². The zero-order valence-corrected chi connectivity index (χ0v) is 16.5. The number of anilines is 1. The number of non-ortho nitro benzene ring substituents is 1. The fraction of sp³-hybridized carbons (Fsp3) is 0.200. The lowest BCUT2D eigenvalue weighted by atomic mass is 10.1.